The van der Waals surface area contributed by atoms with Crippen molar-refractivity contribution >= 4 is 5.91 Å². The highest BCUT2D eigenvalue weighted by atomic mass is 19.1. The maximum absolute atomic E-state index is 13.5. The lowest BCUT2D eigenvalue weighted by Gasteiger charge is -2.13. The number of carbonyl (C=O) groups excluding carboxylic acids is 1. The SMILES string of the molecule is O=C(CCc1cccc(OC2CCCC2)c1)NCCc1ccccc1F. The van der Waals surface area contributed by atoms with Gasteiger partial charge in [-0.3, -0.25) is 4.79 Å². The topological polar surface area (TPSA) is 38.3 Å². The van der Waals surface area contributed by atoms with Gasteiger partial charge in [-0.2, -0.15) is 0 Å². The quantitative estimate of drug-likeness (QED) is 0.760. The van der Waals surface area contributed by atoms with Crippen LogP contribution >= 0.6 is 0 Å². The van der Waals surface area contributed by atoms with Crippen molar-refractivity contribution in [1.82, 2.24) is 5.32 Å². The number of rotatable bonds is 8. The van der Waals surface area contributed by atoms with Crippen LogP contribution in [0.1, 0.15) is 43.2 Å². The molecule has 0 unspecified atom stereocenters. The summed E-state index contributed by atoms with van der Waals surface area (Å²) in [4.78, 5) is 12.0. The summed E-state index contributed by atoms with van der Waals surface area (Å²) in [5, 5.41) is 2.87. The van der Waals surface area contributed by atoms with E-state index < -0.39 is 0 Å². The van der Waals surface area contributed by atoms with Gasteiger partial charge in [0, 0.05) is 13.0 Å². The summed E-state index contributed by atoms with van der Waals surface area (Å²) in [6.45, 7) is 0.449. The molecule has 2 aromatic carbocycles. The number of benzene rings is 2. The van der Waals surface area contributed by atoms with Crippen molar-refractivity contribution in [3.63, 3.8) is 0 Å². The van der Waals surface area contributed by atoms with Gasteiger partial charge in [0.25, 0.3) is 0 Å². The van der Waals surface area contributed by atoms with Gasteiger partial charge in [-0.1, -0.05) is 30.3 Å². The fourth-order valence-corrected chi connectivity index (χ4v) is 3.36. The molecular weight excluding hydrogens is 329 g/mol. The highest BCUT2D eigenvalue weighted by molar-refractivity contribution is 5.76. The maximum Gasteiger partial charge on any atom is 0.220 e. The number of hydrogen-bond donors (Lipinski definition) is 1. The minimum atomic E-state index is -0.221. The first kappa shape index (κ1) is 18.4. The summed E-state index contributed by atoms with van der Waals surface area (Å²) in [5.41, 5.74) is 1.73. The third kappa shape index (κ3) is 5.58. The second-order valence-corrected chi connectivity index (χ2v) is 6.86. The normalized spacial score (nSPS) is 14.3. The van der Waals surface area contributed by atoms with Gasteiger partial charge in [-0.05, 0) is 67.9 Å². The van der Waals surface area contributed by atoms with Crippen molar-refractivity contribution in [1.29, 1.82) is 0 Å². The summed E-state index contributed by atoms with van der Waals surface area (Å²) >= 11 is 0. The van der Waals surface area contributed by atoms with E-state index in [4.69, 9.17) is 4.74 Å². The van der Waals surface area contributed by atoms with Gasteiger partial charge in [0.15, 0.2) is 0 Å². The number of halogens is 1. The summed E-state index contributed by atoms with van der Waals surface area (Å²) < 4.78 is 19.6. The molecule has 1 aliphatic rings. The number of nitrogens with one attached hydrogen (secondary N) is 1. The van der Waals surface area contributed by atoms with Crippen molar-refractivity contribution in [2.45, 2.75) is 51.0 Å². The van der Waals surface area contributed by atoms with Crippen LogP contribution in [0.15, 0.2) is 48.5 Å². The molecule has 3 nitrogen and oxygen atoms in total. The molecule has 1 saturated carbocycles. The van der Waals surface area contributed by atoms with E-state index in [9.17, 15) is 9.18 Å². The molecule has 0 atom stereocenters. The lowest BCUT2D eigenvalue weighted by atomic mass is 10.1. The summed E-state index contributed by atoms with van der Waals surface area (Å²) in [6, 6.07) is 14.7. The standard InChI is InChI=1S/C22H26FNO2/c23-21-11-4-1-7-18(21)14-15-24-22(25)13-12-17-6-5-10-20(16-17)26-19-8-2-3-9-19/h1,4-7,10-11,16,19H,2-3,8-9,12-15H2,(H,24,25). The number of hydrogen-bond acceptors (Lipinski definition) is 2. The molecule has 4 heteroatoms. The molecule has 1 N–H and O–H groups in total. The van der Waals surface area contributed by atoms with E-state index in [0.717, 1.165) is 24.2 Å². The average Bonchev–Trinajstić information content (AvgIpc) is 3.15. The number of ether oxygens (including phenoxy) is 1. The van der Waals surface area contributed by atoms with Crippen LogP contribution in [0.4, 0.5) is 4.39 Å². The molecule has 0 aliphatic heterocycles. The fourth-order valence-electron chi connectivity index (χ4n) is 3.36. The zero-order valence-electron chi connectivity index (χ0n) is 15.0. The summed E-state index contributed by atoms with van der Waals surface area (Å²) in [6.07, 6.45) is 6.70. The van der Waals surface area contributed by atoms with Crippen molar-refractivity contribution in [3.8, 4) is 5.75 Å². The second kappa shape index (κ2) is 9.37. The van der Waals surface area contributed by atoms with E-state index >= 15 is 0 Å². The van der Waals surface area contributed by atoms with Crippen molar-refractivity contribution in [3.05, 3.63) is 65.5 Å². The van der Waals surface area contributed by atoms with Crippen molar-refractivity contribution in [2.75, 3.05) is 6.54 Å². The van der Waals surface area contributed by atoms with Crippen LogP contribution < -0.4 is 10.1 Å². The van der Waals surface area contributed by atoms with Crippen LogP contribution in [0.2, 0.25) is 0 Å². The largest absolute Gasteiger partial charge is 0.490 e. The Morgan fingerprint density at radius 1 is 1.08 bits per heavy atom. The van der Waals surface area contributed by atoms with Crippen LogP contribution in [0.5, 0.6) is 5.75 Å². The second-order valence-electron chi connectivity index (χ2n) is 6.86. The Bertz CT molecular complexity index is 726. The first-order valence-corrected chi connectivity index (χ1v) is 9.46. The Balaban J connectivity index is 1.40. The molecule has 0 saturated heterocycles. The minimum Gasteiger partial charge on any atom is -0.490 e. The van der Waals surface area contributed by atoms with Gasteiger partial charge in [-0.15, -0.1) is 0 Å². The molecule has 1 amide bonds. The smallest absolute Gasteiger partial charge is 0.220 e. The highest BCUT2D eigenvalue weighted by Crippen LogP contribution is 2.24. The minimum absolute atomic E-state index is 0.0107. The molecule has 138 valence electrons. The number of carbonyl (C=O) groups is 1. The molecular formula is C22H26FNO2. The van der Waals surface area contributed by atoms with E-state index in [0.29, 0.717) is 37.5 Å². The lowest BCUT2D eigenvalue weighted by molar-refractivity contribution is -0.121. The Morgan fingerprint density at radius 2 is 1.88 bits per heavy atom. The fraction of sp³-hybridized carbons (Fsp3) is 0.409. The Morgan fingerprint density at radius 3 is 2.69 bits per heavy atom. The van der Waals surface area contributed by atoms with E-state index in [-0.39, 0.29) is 11.7 Å². The molecule has 1 fully saturated rings. The Labute approximate surface area is 154 Å². The maximum atomic E-state index is 13.5. The Kier molecular flexibility index (Phi) is 6.64. The van der Waals surface area contributed by atoms with Crippen LogP contribution in [0, 0.1) is 5.82 Å². The monoisotopic (exact) mass is 355 g/mol. The third-order valence-electron chi connectivity index (χ3n) is 4.82. The zero-order chi connectivity index (χ0) is 18.2. The van der Waals surface area contributed by atoms with E-state index in [1.807, 2.05) is 24.3 Å². The van der Waals surface area contributed by atoms with Crippen molar-refractivity contribution < 1.29 is 13.9 Å². The van der Waals surface area contributed by atoms with E-state index in [1.54, 1.807) is 18.2 Å². The van der Waals surface area contributed by atoms with Gasteiger partial charge >= 0.3 is 0 Å². The average molecular weight is 355 g/mol. The van der Waals surface area contributed by atoms with Gasteiger partial charge in [0.1, 0.15) is 11.6 Å². The van der Waals surface area contributed by atoms with E-state index in [2.05, 4.69) is 5.32 Å². The molecule has 0 aromatic heterocycles. The molecule has 0 heterocycles. The van der Waals surface area contributed by atoms with Crippen LogP contribution in [0.25, 0.3) is 0 Å². The molecule has 0 bridgehead atoms. The molecule has 0 spiro atoms. The summed E-state index contributed by atoms with van der Waals surface area (Å²) in [7, 11) is 0. The molecule has 0 radical (unpaired) electrons. The Hall–Kier alpha value is -2.36. The zero-order valence-corrected chi connectivity index (χ0v) is 15.0. The van der Waals surface area contributed by atoms with Crippen LogP contribution in [-0.4, -0.2) is 18.6 Å². The lowest BCUT2D eigenvalue weighted by Crippen LogP contribution is -2.26. The molecule has 26 heavy (non-hydrogen) atoms. The van der Waals surface area contributed by atoms with Gasteiger partial charge in [0.05, 0.1) is 6.10 Å². The van der Waals surface area contributed by atoms with Gasteiger partial charge in [-0.25, -0.2) is 4.39 Å². The number of aryl methyl sites for hydroxylation is 1. The van der Waals surface area contributed by atoms with Gasteiger partial charge < -0.3 is 10.1 Å². The van der Waals surface area contributed by atoms with Crippen LogP contribution in [0.3, 0.4) is 0 Å². The molecule has 2 aromatic rings. The van der Waals surface area contributed by atoms with Gasteiger partial charge in [0.2, 0.25) is 5.91 Å². The first-order valence-electron chi connectivity index (χ1n) is 9.46. The molecule has 3 rings (SSSR count). The summed E-state index contributed by atoms with van der Waals surface area (Å²) in [5.74, 6) is 0.665. The van der Waals surface area contributed by atoms with E-state index in [1.165, 1.54) is 18.9 Å². The predicted octanol–water partition coefficient (Wildman–Crippen LogP) is 4.44. The first-order chi connectivity index (χ1) is 12.7. The molecule has 1 aliphatic carbocycles. The highest BCUT2D eigenvalue weighted by Gasteiger charge is 2.16. The number of amides is 1. The van der Waals surface area contributed by atoms with Crippen LogP contribution in [-0.2, 0) is 17.6 Å². The third-order valence-corrected chi connectivity index (χ3v) is 4.82. The van der Waals surface area contributed by atoms with Crippen molar-refractivity contribution in [2.24, 2.45) is 0 Å². The predicted molar refractivity (Wildman–Crippen MR) is 101 cm³/mol.